The fourth-order valence-corrected chi connectivity index (χ4v) is 11.5. The molecule has 0 aliphatic heterocycles. The van der Waals surface area contributed by atoms with Gasteiger partial charge in [0.05, 0.1) is 297 Å². The van der Waals surface area contributed by atoms with E-state index in [4.69, 9.17) is 127 Å². The first-order valence-corrected chi connectivity index (χ1v) is 47.0. The zero-order valence-electron chi connectivity index (χ0n) is 75.2. The van der Waals surface area contributed by atoms with E-state index in [9.17, 15) is 23.8 Å². The lowest BCUT2D eigenvalue weighted by Gasteiger charge is -2.20. The lowest BCUT2D eigenvalue weighted by molar-refractivity contribution is -0.161. The number of amides is 1. The second-order valence-corrected chi connectivity index (χ2v) is 29.4. The predicted octanol–water partition coefficient (Wildman–Crippen LogP) is 12.4. The van der Waals surface area contributed by atoms with Gasteiger partial charge in [0.15, 0.2) is 6.10 Å². The number of ether oxygens (including phenoxy) is 25. The summed E-state index contributed by atoms with van der Waals surface area (Å²) in [5.41, 5.74) is 0. The first-order chi connectivity index (χ1) is 59.7. The standard InChI is InChI=1S/C87H168NO32P/c1-4-6-8-10-12-14-16-18-20-22-24-26-28-30-32-34-85(89)117-82-84(120-86(90)35-33-31-29-27-25-23-21-19-17-15-13-11-9-7-5-2)83-119-121(92,93)118-37-36-88-87(91)116-81-80-115-79-78-114-77-76-113-75-74-112-73-72-111-71-70-110-69-68-109-67-66-108-65-64-107-63-62-106-61-60-105-59-58-104-57-56-103-55-54-102-53-52-101-51-50-100-49-48-99-47-46-98-45-44-97-43-42-96-41-40-95-39-38-94-3/h18-21,84H,4-17,22-83H2,1-3H3,(H,88,91)(H,92,93)/b20-18-,21-19-/t84-/m1/s1. The Morgan fingerprint density at radius 3 is 0.769 bits per heavy atom. The number of hydrogen-bond donors (Lipinski definition) is 2. The SMILES string of the molecule is CCCCCCCC/C=C\CCCCCCCC(=O)OC[C@H](COP(=O)(O)OCCNC(=O)OCCOCCOCCOCCOCCOCCOCCOCCOCCOCCOCCOCCOCCOCCOCCOCCOCCOCCOCCOCCOCCOCCOC)OC(=O)CCCCCCC/C=C\CCCCCCCC. The summed E-state index contributed by atoms with van der Waals surface area (Å²) in [5, 5.41) is 2.43. The Balaban J connectivity index is 3.71. The van der Waals surface area contributed by atoms with E-state index >= 15 is 0 Å². The monoisotopic (exact) mass is 1770 g/mol. The molecule has 0 aliphatic carbocycles. The molecule has 33 nitrogen and oxygen atoms in total. The van der Waals surface area contributed by atoms with Gasteiger partial charge in [-0.25, -0.2) is 9.36 Å². The van der Waals surface area contributed by atoms with Gasteiger partial charge in [0.2, 0.25) is 0 Å². The second-order valence-electron chi connectivity index (χ2n) is 28.0. The van der Waals surface area contributed by atoms with Gasteiger partial charge in [-0.15, -0.1) is 0 Å². The maximum Gasteiger partial charge on any atom is 0.472 e. The molecule has 0 aromatic rings. The molecule has 121 heavy (non-hydrogen) atoms. The minimum atomic E-state index is -4.67. The van der Waals surface area contributed by atoms with E-state index in [0.717, 1.165) is 77.0 Å². The van der Waals surface area contributed by atoms with Crippen molar-refractivity contribution in [2.45, 2.75) is 200 Å². The van der Waals surface area contributed by atoms with Crippen LogP contribution in [0.3, 0.4) is 0 Å². The van der Waals surface area contributed by atoms with Gasteiger partial charge in [-0.1, -0.05) is 141 Å². The van der Waals surface area contributed by atoms with Gasteiger partial charge in [-0.2, -0.15) is 0 Å². The summed E-state index contributed by atoms with van der Waals surface area (Å²) in [6.45, 7) is 22.6. The summed E-state index contributed by atoms with van der Waals surface area (Å²) in [4.78, 5) is 48.3. The van der Waals surface area contributed by atoms with Gasteiger partial charge in [0.1, 0.15) is 13.2 Å². The van der Waals surface area contributed by atoms with Crippen LogP contribution >= 0.6 is 7.82 Å². The predicted molar refractivity (Wildman–Crippen MR) is 460 cm³/mol. The molecular formula is C87H168NO32P. The zero-order chi connectivity index (χ0) is 87.2. The van der Waals surface area contributed by atoms with Crippen LogP contribution < -0.4 is 5.32 Å². The molecule has 0 aliphatic rings. The Morgan fingerprint density at radius 2 is 0.504 bits per heavy atom. The molecule has 34 heteroatoms. The number of nitrogens with one attached hydrogen (secondary N) is 1. The van der Waals surface area contributed by atoms with Crippen LogP contribution in [0.4, 0.5) is 4.79 Å². The maximum atomic E-state index is 12.9. The van der Waals surface area contributed by atoms with E-state index in [2.05, 4.69) is 43.5 Å². The van der Waals surface area contributed by atoms with Crippen LogP contribution in [0.25, 0.3) is 0 Å². The zero-order valence-corrected chi connectivity index (χ0v) is 76.1. The van der Waals surface area contributed by atoms with Gasteiger partial charge >= 0.3 is 25.9 Å². The number of phosphoric ester groups is 1. The molecule has 0 saturated heterocycles. The topological polar surface area (TPSA) is 350 Å². The number of carbonyl (C=O) groups excluding carboxylic acids is 3. The Labute approximate surface area is 727 Å². The fourth-order valence-electron chi connectivity index (χ4n) is 10.7. The smallest absolute Gasteiger partial charge is 0.462 e. The summed E-state index contributed by atoms with van der Waals surface area (Å²) in [6.07, 6.45) is 37.1. The highest BCUT2D eigenvalue weighted by molar-refractivity contribution is 7.47. The number of esters is 2. The van der Waals surface area contributed by atoms with Crippen LogP contribution in [-0.2, 0) is 142 Å². The van der Waals surface area contributed by atoms with Crippen molar-refractivity contribution in [2.75, 3.05) is 324 Å². The van der Waals surface area contributed by atoms with Crippen LogP contribution in [0.1, 0.15) is 194 Å². The summed E-state index contributed by atoms with van der Waals surface area (Å²) >= 11 is 0. The summed E-state index contributed by atoms with van der Waals surface area (Å²) in [7, 11) is -3.03. The van der Waals surface area contributed by atoms with Crippen molar-refractivity contribution in [2.24, 2.45) is 0 Å². The number of unbranched alkanes of at least 4 members (excludes halogenated alkanes) is 22. The molecule has 0 radical (unpaired) electrons. The van der Waals surface area contributed by atoms with Crippen LogP contribution in [0.2, 0.25) is 0 Å². The third kappa shape index (κ3) is 104. The first-order valence-electron chi connectivity index (χ1n) is 45.5. The van der Waals surface area contributed by atoms with E-state index in [1.165, 1.54) is 77.0 Å². The molecule has 2 N–H and O–H groups in total. The van der Waals surface area contributed by atoms with Crippen LogP contribution in [0, 0.1) is 0 Å². The van der Waals surface area contributed by atoms with Crippen molar-refractivity contribution < 1.29 is 151 Å². The number of methoxy groups -OCH3 is 1. The quantitative estimate of drug-likeness (QED) is 0.0188. The molecule has 0 heterocycles. The Hall–Kier alpha value is -3.08. The van der Waals surface area contributed by atoms with Crippen molar-refractivity contribution in [1.82, 2.24) is 5.32 Å². The first kappa shape index (κ1) is 118. The van der Waals surface area contributed by atoms with E-state index in [1.807, 2.05) is 0 Å². The van der Waals surface area contributed by atoms with Gasteiger partial charge < -0.3 is 129 Å². The highest BCUT2D eigenvalue weighted by atomic mass is 31.2. The highest BCUT2D eigenvalue weighted by Crippen LogP contribution is 2.43. The Bertz CT molecular complexity index is 2170. The van der Waals surface area contributed by atoms with Gasteiger partial charge in [0.25, 0.3) is 0 Å². The molecule has 0 aromatic carbocycles. The summed E-state index contributed by atoms with van der Waals surface area (Å²) in [5.74, 6) is -0.967. The second kappa shape index (κ2) is 104. The highest BCUT2D eigenvalue weighted by Gasteiger charge is 2.26. The van der Waals surface area contributed by atoms with E-state index in [0.29, 0.717) is 284 Å². The van der Waals surface area contributed by atoms with Crippen molar-refractivity contribution >= 4 is 25.9 Å². The van der Waals surface area contributed by atoms with Crippen LogP contribution in [0.5, 0.6) is 0 Å². The Morgan fingerprint density at radius 1 is 0.273 bits per heavy atom. The molecule has 0 spiro atoms. The normalized spacial score (nSPS) is 12.6. The summed E-state index contributed by atoms with van der Waals surface area (Å²) < 4.78 is 160. The van der Waals surface area contributed by atoms with Gasteiger partial charge in [-0.05, 0) is 64.2 Å². The van der Waals surface area contributed by atoms with E-state index in [-0.39, 0.29) is 52.4 Å². The lowest BCUT2D eigenvalue weighted by atomic mass is 10.1. The molecule has 1 unspecified atom stereocenters. The third-order valence-corrected chi connectivity index (χ3v) is 18.4. The summed E-state index contributed by atoms with van der Waals surface area (Å²) in [6, 6.07) is 0. The molecule has 0 rings (SSSR count). The molecule has 0 fully saturated rings. The van der Waals surface area contributed by atoms with Crippen molar-refractivity contribution in [3.05, 3.63) is 24.3 Å². The number of alkyl carbamates (subject to hydrolysis) is 1. The minimum Gasteiger partial charge on any atom is -0.462 e. The van der Waals surface area contributed by atoms with E-state index in [1.54, 1.807) is 7.11 Å². The van der Waals surface area contributed by atoms with Gasteiger partial charge in [0, 0.05) is 26.5 Å². The van der Waals surface area contributed by atoms with Crippen molar-refractivity contribution in [3.8, 4) is 0 Å². The molecular weight excluding hydrogens is 1600 g/mol. The number of phosphoric acid groups is 1. The molecule has 0 aromatic heterocycles. The van der Waals surface area contributed by atoms with Gasteiger partial charge in [-0.3, -0.25) is 18.6 Å². The maximum absolute atomic E-state index is 12.9. The molecule has 718 valence electrons. The minimum absolute atomic E-state index is 0.0426. The molecule has 1 amide bonds. The van der Waals surface area contributed by atoms with Crippen LogP contribution in [-0.4, -0.2) is 353 Å². The average molecular weight is 1770 g/mol. The van der Waals surface area contributed by atoms with Crippen molar-refractivity contribution in [1.29, 1.82) is 0 Å². The van der Waals surface area contributed by atoms with Crippen LogP contribution in [0.15, 0.2) is 24.3 Å². The molecule has 0 bridgehead atoms. The molecule has 2 atom stereocenters. The largest absolute Gasteiger partial charge is 0.472 e. The lowest BCUT2D eigenvalue weighted by Crippen LogP contribution is -2.30. The number of carbonyl (C=O) groups is 3. The third-order valence-electron chi connectivity index (χ3n) is 17.4. The van der Waals surface area contributed by atoms with E-state index < -0.39 is 38.6 Å². The Kier molecular flexibility index (Phi) is 101. The fraction of sp³-hybridized carbons (Fsp3) is 0.920. The number of rotatable bonds is 106. The molecule has 0 saturated carbocycles. The number of hydrogen-bond acceptors (Lipinski definition) is 31. The average Bonchev–Trinajstić information content (AvgIpc) is 0.906. The number of allylic oxidation sites excluding steroid dienone is 4. The van der Waals surface area contributed by atoms with Crippen molar-refractivity contribution in [3.63, 3.8) is 0 Å².